The normalized spacial score (nSPS) is 54.3. The SMILES string of the molecule is CC1=C(C)C(=O)OC(C(C)(O)C2(O)CCC3C4C5OC5C5(O)CC=CC(=O)C5(C)C4CCC32C)C1. The van der Waals surface area contributed by atoms with Gasteiger partial charge in [-0.3, -0.25) is 4.79 Å². The van der Waals surface area contributed by atoms with Crippen molar-refractivity contribution in [3.8, 4) is 0 Å². The lowest BCUT2D eigenvalue weighted by molar-refractivity contribution is -0.256. The maximum atomic E-state index is 13.3. The van der Waals surface area contributed by atoms with Crippen LogP contribution in [0.4, 0.5) is 0 Å². The predicted octanol–water partition coefficient (Wildman–Crippen LogP) is 2.61. The fraction of sp³-hybridized carbons (Fsp3) is 0.786. The summed E-state index contributed by atoms with van der Waals surface area (Å²) in [5.41, 5.74) is -4.45. The van der Waals surface area contributed by atoms with E-state index in [-0.39, 0.29) is 35.7 Å². The lowest BCUT2D eigenvalue weighted by Crippen LogP contribution is -2.71. The number of cyclic esters (lactones) is 1. The molecule has 0 spiro atoms. The third-order valence-electron chi connectivity index (χ3n) is 11.9. The molecule has 4 fully saturated rings. The zero-order valence-corrected chi connectivity index (χ0v) is 21.3. The van der Waals surface area contributed by atoms with Crippen molar-refractivity contribution in [2.24, 2.45) is 28.6 Å². The molecule has 1 saturated heterocycles. The van der Waals surface area contributed by atoms with Crippen LogP contribution in [0.15, 0.2) is 23.3 Å². The number of allylic oxidation sites excluding steroid dienone is 1. The Hall–Kier alpha value is -1.54. The molecule has 11 unspecified atom stereocenters. The largest absolute Gasteiger partial charge is 0.455 e. The standard InChI is InChI=1S/C28H38O7/c1-14-13-19(34-23(30)15(14)2)26(5,31)28(33)12-9-16-20-17(8-11-24(16,28)3)25(4)18(29)7-6-10-27(25,32)22-21(20)35-22/h6-7,16-17,19-22,31-33H,8-13H2,1-5H3. The van der Waals surface area contributed by atoms with Gasteiger partial charge in [-0.15, -0.1) is 0 Å². The van der Waals surface area contributed by atoms with Crippen molar-refractivity contribution in [3.05, 3.63) is 23.3 Å². The van der Waals surface area contributed by atoms with Crippen molar-refractivity contribution < 1.29 is 34.4 Å². The van der Waals surface area contributed by atoms with Gasteiger partial charge in [0.05, 0.1) is 11.5 Å². The lowest BCUT2D eigenvalue weighted by atomic mass is 9.43. The van der Waals surface area contributed by atoms with Crippen LogP contribution in [0.3, 0.4) is 0 Å². The molecule has 35 heavy (non-hydrogen) atoms. The Morgan fingerprint density at radius 1 is 1.09 bits per heavy atom. The second-order valence-corrected chi connectivity index (χ2v) is 12.9. The van der Waals surface area contributed by atoms with Gasteiger partial charge in [0.2, 0.25) is 0 Å². The van der Waals surface area contributed by atoms with Gasteiger partial charge >= 0.3 is 5.97 Å². The zero-order valence-electron chi connectivity index (χ0n) is 21.3. The van der Waals surface area contributed by atoms with E-state index in [0.29, 0.717) is 44.1 Å². The predicted molar refractivity (Wildman–Crippen MR) is 126 cm³/mol. The third-order valence-corrected chi connectivity index (χ3v) is 11.9. The highest BCUT2D eigenvalue weighted by atomic mass is 16.6. The summed E-state index contributed by atoms with van der Waals surface area (Å²) >= 11 is 0. The van der Waals surface area contributed by atoms with Gasteiger partial charge in [0.15, 0.2) is 5.78 Å². The highest BCUT2D eigenvalue weighted by Crippen LogP contribution is 2.72. The molecular formula is C28H38O7. The van der Waals surface area contributed by atoms with Gasteiger partial charge in [0, 0.05) is 17.4 Å². The van der Waals surface area contributed by atoms with E-state index in [0.717, 1.165) is 5.57 Å². The molecule has 3 saturated carbocycles. The molecule has 0 amide bonds. The topological polar surface area (TPSA) is 117 Å². The summed E-state index contributed by atoms with van der Waals surface area (Å²) in [5.74, 6) is -0.499. The highest BCUT2D eigenvalue weighted by molar-refractivity contribution is 5.97. The van der Waals surface area contributed by atoms with Gasteiger partial charge in [-0.25, -0.2) is 4.79 Å². The molecule has 2 heterocycles. The molecule has 0 aromatic heterocycles. The van der Waals surface area contributed by atoms with Crippen LogP contribution < -0.4 is 0 Å². The third kappa shape index (κ3) is 2.56. The number of aliphatic hydroxyl groups is 3. The molecule has 6 aliphatic rings. The number of hydrogen-bond acceptors (Lipinski definition) is 7. The number of epoxide rings is 1. The van der Waals surface area contributed by atoms with E-state index >= 15 is 0 Å². The van der Waals surface area contributed by atoms with Crippen LogP contribution in [0.25, 0.3) is 0 Å². The van der Waals surface area contributed by atoms with E-state index in [1.807, 2.05) is 13.8 Å². The molecular weight excluding hydrogens is 448 g/mol. The average Bonchev–Trinajstić information content (AvgIpc) is 3.55. The maximum Gasteiger partial charge on any atom is 0.334 e. The van der Waals surface area contributed by atoms with E-state index in [1.165, 1.54) is 0 Å². The van der Waals surface area contributed by atoms with Crippen molar-refractivity contribution >= 4 is 11.8 Å². The van der Waals surface area contributed by atoms with Gasteiger partial charge in [-0.1, -0.05) is 18.6 Å². The molecule has 11 atom stereocenters. The van der Waals surface area contributed by atoms with E-state index < -0.39 is 39.7 Å². The first-order valence-electron chi connectivity index (χ1n) is 13.1. The minimum atomic E-state index is -1.65. The van der Waals surface area contributed by atoms with Crippen molar-refractivity contribution in [1.29, 1.82) is 0 Å². The summed E-state index contributed by atoms with van der Waals surface area (Å²) in [6.45, 7) is 9.18. The van der Waals surface area contributed by atoms with E-state index in [4.69, 9.17) is 9.47 Å². The molecule has 3 N–H and O–H groups in total. The Labute approximate surface area is 206 Å². The number of fused-ring (bicyclic) bond motifs is 8. The first-order valence-corrected chi connectivity index (χ1v) is 13.1. The summed E-state index contributed by atoms with van der Waals surface area (Å²) in [7, 11) is 0. The number of hydrogen-bond donors (Lipinski definition) is 3. The fourth-order valence-electron chi connectivity index (χ4n) is 9.28. The molecule has 0 bridgehead atoms. The minimum absolute atomic E-state index is 0.0158. The van der Waals surface area contributed by atoms with E-state index in [9.17, 15) is 24.9 Å². The summed E-state index contributed by atoms with van der Waals surface area (Å²) < 4.78 is 11.8. The van der Waals surface area contributed by atoms with E-state index in [2.05, 4.69) is 6.92 Å². The van der Waals surface area contributed by atoms with Crippen molar-refractivity contribution in [1.82, 2.24) is 0 Å². The zero-order chi connectivity index (χ0) is 25.3. The number of ether oxygens (including phenoxy) is 2. The highest BCUT2D eigenvalue weighted by Gasteiger charge is 2.79. The molecule has 7 nitrogen and oxygen atoms in total. The Kier molecular flexibility index (Phi) is 4.67. The summed E-state index contributed by atoms with van der Waals surface area (Å²) in [5, 5.41) is 36.0. The quantitative estimate of drug-likeness (QED) is 0.406. The number of ketones is 1. The van der Waals surface area contributed by atoms with Crippen LogP contribution in [0, 0.1) is 28.6 Å². The Morgan fingerprint density at radius 3 is 2.46 bits per heavy atom. The monoisotopic (exact) mass is 486 g/mol. The van der Waals surface area contributed by atoms with Gasteiger partial charge in [-0.2, -0.15) is 0 Å². The minimum Gasteiger partial charge on any atom is -0.455 e. The van der Waals surface area contributed by atoms with E-state index in [1.54, 1.807) is 26.0 Å². The van der Waals surface area contributed by atoms with Crippen molar-refractivity contribution in [3.63, 3.8) is 0 Å². The average molecular weight is 487 g/mol. The van der Waals surface area contributed by atoms with Gasteiger partial charge in [0.25, 0.3) is 0 Å². The Morgan fingerprint density at radius 2 is 1.77 bits per heavy atom. The summed E-state index contributed by atoms with van der Waals surface area (Å²) in [6.07, 6.45) is 5.17. The molecule has 0 aromatic carbocycles. The Balaban J connectivity index is 1.37. The number of carbonyl (C=O) groups is 2. The van der Waals surface area contributed by atoms with Crippen molar-refractivity contribution in [2.45, 2.75) is 108 Å². The van der Waals surface area contributed by atoms with Crippen molar-refractivity contribution in [2.75, 3.05) is 0 Å². The Bertz CT molecular complexity index is 1080. The first-order chi connectivity index (χ1) is 16.2. The van der Waals surface area contributed by atoms with Gasteiger partial charge < -0.3 is 24.8 Å². The lowest BCUT2D eigenvalue weighted by Gasteiger charge is -2.62. The van der Waals surface area contributed by atoms with Gasteiger partial charge in [0.1, 0.15) is 29.0 Å². The summed E-state index contributed by atoms with van der Waals surface area (Å²) in [4.78, 5) is 25.7. The molecule has 6 rings (SSSR count). The van der Waals surface area contributed by atoms with Crippen LogP contribution in [-0.2, 0) is 19.1 Å². The molecule has 192 valence electrons. The molecule has 0 radical (unpaired) electrons. The van der Waals surface area contributed by atoms with Crippen LogP contribution >= 0.6 is 0 Å². The smallest absolute Gasteiger partial charge is 0.334 e. The number of esters is 1. The molecule has 7 heteroatoms. The van der Waals surface area contributed by atoms with Crippen LogP contribution in [-0.4, -0.2) is 62.2 Å². The second-order valence-electron chi connectivity index (χ2n) is 12.9. The first kappa shape index (κ1) is 23.8. The molecule has 4 aliphatic carbocycles. The van der Waals surface area contributed by atoms with Crippen LogP contribution in [0.2, 0.25) is 0 Å². The number of carbonyl (C=O) groups excluding carboxylic acids is 2. The fourth-order valence-corrected chi connectivity index (χ4v) is 9.28. The maximum absolute atomic E-state index is 13.3. The van der Waals surface area contributed by atoms with Crippen LogP contribution in [0.5, 0.6) is 0 Å². The van der Waals surface area contributed by atoms with Gasteiger partial charge in [-0.05, 0) is 83.6 Å². The molecule has 0 aromatic rings. The summed E-state index contributed by atoms with van der Waals surface area (Å²) in [6, 6.07) is 0. The second kappa shape index (κ2) is 6.85. The molecule has 2 aliphatic heterocycles. The van der Waals surface area contributed by atoms with Crippen LogP contribution in [0.1, 0.15) is 73.1 Å². The number of rotatable bonds is 2.